The van der Waals surface area contributed by atoms with Crippen LogP contribution in [0.2, 0.25) is 0 Å². The lowest BCUT2D eigenvalue weighted by Gasteiger charge is -2.15. The molecule has 0 saturated carbocycles. The molecule has 1 amide bonds. The minimum Gasteiger partial charge on any atom is -0.352 e. The predicted octanol–water partition coefficient (Wildman–Crippen LogP) is 3.29. The van der Waals surface area contributed by atoms with Crippen LogP contribution >= 0.6 is 0 Å². The first-order chi connectivity index (χ1) is 15.6. The van der Waals surface area contributed by atoms with Crippen LogP contribution in [0.25, 0.3) is 16.7 Å². The van der Waals surface area contributed by atoms with Crippen LogP contribution < -0.4 is 16.4 Å². The third-order valence-electron chi connectivity index (χ3n) is 5.60. The monoisotopic (exact) mass is 429 g/mol. The molecule has 2 N–H and O–H groups in total. The van der Waals surface area contributed by atoms with E-state index in [1.165, 1.54) is 10.5 Å². The largest absolute Gasteiger partial charge is 0.352 e. The number of aromatic nitrogens is 3. The second-order valence-corrected chi connectivity index (χ2v) is 7.84. The van der Waals surface area contributed by atoms with Gasteiger partial charge in [-0.1, -0.05) is 56.2 Å². The van der Waals surface area contributed by atoms with Crippen molar-refractivity contribution in [1.82, 2.24) is 19.3 Å². The SMILES string of the molecule is CCCCCNC(=O)c1cc2c(=O)n3ccccc3nc2n(CCc2ccccc2)c1=N. The molecule has 3 aromatic heterocycles. The molecule has 0 spiro atoms. The highest BCUT2D eigenvalue weighted by atomic mass is 16.1. The Hall–Kier alpha value is -3.74. The van der Waals surface area contributed by atoms with E-state index in [1.807, 2.05) is 36.4 Å². The number of carbonyl (C=O) groups is 1. The van der Waals surface area contributed by atoms with E-state index in [0.29, 0.717) is 36.2 Å². The van der Waals surface area contributed by atoms with Gasteiger partial charge in [0.15, 0.2) is 0 Å². The second-order valence-electron chi connectivity index (χ2n) is 7.84. The summed E-state index contributed by atoms with van der Waals surface area (Å²) in [6.07, 6.45) is 5.29. The number of nitrogens with one attached hydrogen (secondary N) is 2. The fraction of sp³-hybridized carbons (Fsp3) is 0.280. The number of benzene rings is 1. The molecule has 164 valence electrons. The van der Waals surface area contributed by atoms with Gasteiger partial charge >= 0.3 is 0 Å². The summed E-state index contributed by atoms with van der Waals surface area (Å²) in [7, 11) is 0. The summed E-state index contributed by atoms with van der Waals surface area (Å²) in [6.45, 7) is 3.09. The van der Waals surface area contributed by atoms with Crippen LogP contribution in [-0.4, -0.2) is 26.4 Å². The summed E-state index contributed by atoms with van der Waals surface area (Å²) in [6, 6.07) is 16.8. The zero-order valence-corrected chi connectivity index (χ0v) is 18.2. The van der Waals surface area contributed by atoms with E-state index in [4.69, 9.17) is 5.41 Å². The quantitative estimate of drug-likeness (QED) is 0.333. The highest BCUT2D eigenvalue weighted by Crippen LogP contribution is 2.12. The number of amides is 1. The molecule has 1 aromatic carbocycles. The Balaban J connectivity index is 1.83. The van der Waals surface area contributed by atoms with Crippen LogP contribution in [0.1, 0.15) is 42.1 Å². The number of carbonyl (C=O) groups excluding carboxylic acids is 1. The first kappa shape index (κ1) is 21.5. The van der Waals surface area contributed by atoms with E-state index in [9.17, 15) is 9.59 Å². The van der Waals surface area contributed by atoms with Crippen molar-refractivity contribution in [3.63, 3.8) is 0 Å². The molecule has 7 nitrogen and oxygen atoms in total. The third kappa shape index (κ3) is 4.32. The molecule has 32 heavy (non-hydrogen) atoms. The fourth-order valence-electron chi connectivity index (χ4n) is 3.84. The molecule has 0 unspecified atom stereocenters. The smallest absolute Gasteiger partial charge is 0.267 e. The lowest BCUT2D eigenvalue weighted by atomic mass is 10.1. The van der Waals surface area contributed by atoms with Crippen LogP contribution in [0, 0.1) is 5.41 Å². The average Bonchev–Trinajstić information content (AvgIpc) is 2.82. The molecule has 0 bridgehead atoms. The normalized spacial score (nSPS) is 11.2. The molecule has 3 heterocycles. The van der Waals surface area contributed by atoms with Crippen molar-refractivity contribution in [2.24, 2.45) is 0 Å². The number of pyridine rings is 2. The zero-order chi connectivity index (χ0) is 22.5. The minimum atomic E-state index is -0.334. The maximum atomic E-state index is 13.2. The summed E-state index contributed by atoms with van der Waals surface area (Å²) in [5, 5.41) is 12.0. The minimum absolute atomic E-state index is 0.0635. The Morgan fingerprint density at radius 2 is 1.88 bits per heavy atom. The Kier molecular flexibility index (Phi) is 6.44. The van der Waals surface area contributed by atoms with Gasteiger partial charge in [0.25, 0.3) is 11.5 Å². The van der Waals surface area contributed by atoms with Crippen LogP contribution in [0.4, 0.5) is 0 Å². The van der Waals surface area contributed by atoms with Crippen LogP contribution in [0.15, 0.2) is 65.6 Å². The van der Waals surface area contributed by atoms with Crippen molar-refractivity contribution in [3.05, 3.63) is 87.8 Å². The van der Waals surface area contributed by atoms with Crippen LogP contribution in [0.5, 0.6) is 0 Å². The number of fused-ring (bicyclic) bond motifs is 2. The maximum absolute atomic E-state index is 13.2. The Bertz CT molecular complexity index is 1370. The molecular weight excluding hydrogens is 402 g/mol. The number of aryl methyl sites for hydroxylation is 2. The molecule has 0 radical (unpaired) electrons. The van der Waals surface area contributed by atoms with Crippen molar-refractivity contribution >= 4 is 22.6 Å². The summed E-state index contributed by atoms with van der Waals surface area (Å²) < 4.78 is 3.15. The Morgan fingerprint density at radius 3 is 2.66 bits per heavy atom. The van der Waals surface area contributed by atoms with Crippen molar-refractivity contribution in [3.8, 4) is 0 Å². The van der Waals surface area contributed by atoms with E-state index < -0.39 is 0 Å². The fourth-order valence-corrected chi connectivity index (χ4v) is 3.84. The van der Waals surface area contributed by atoms with Crippen LogP contribution in [0.3, 0.4) is 0 Å². The number of nitrogens with zero attached hydrogens (tertiary/aromatic N) is 3. The average molecular weight is 430 g/mol. The molecule has 0 fully saturated rings. The van der Waals surface area contributed by atoms with Gasteiger partial charge in [-0.2, -0.15) is 0 Å². The molecule has 0 aliphatic heterocycles. The molecule has 0 aliphatic rings. The maximum Gasteiger partial charge on any atom is 0.267 e. The van der Waals surface area contributed by atoms with Gasteiger partial charge in [0.1, 0.15) is 16.8 Å². The van der Waals surface area contributed by atoms with Crippen molar-refractivity contribution < 1.29 is 4.79 Å². The van der Waals surface area contributed by atoms with Crippen molar-refractivity contribution in [2.45, 2.75) is 39.2 Å². The number of hydrogen-bond acceptors (Lipinski definition) is 4. The van der Waals surface area contributed by atoms with Gasteiger partial charge in [0, 0.05) is 19.3 Å². The lowest BCUT2D eigenvalue weighted by molar-refractivity contribution is 0.0950. The molecule has 4 rings (SSSR count). The highest BCUT2D eigenvalue weighted by molar-refractivity contribution is 5.96. The topological polar surface area (TPSA) is 92.2 Å². The summed E-state index contributed by atoms with van der Waals surface area (Å²) >= 11 is 0. The van der Waals surface area contributed by atoms with Crippen molar-refractivity contribution in [2.75, 3.05) is 6.54 Å². The van der Waals surface area contributed by atoms with E-state index >= 15 is 0 Å². The van der Waals surface area contributed by atoms with Gasteiger partial charge in [0.05, 0.1) is 10.9 Å². The second kappa shape index (κ2) is 9.60. The van der Waals surface area contributed by atoms with Gasteiger partial charge in [-0.25, -0.2) is 4.98 Å². The molecule has 0 atom stereocenters. The van der Waals surface area contributed by atoms with E-state index in [2.05, 4.69) is 17.2 Å². The van der Waals surface area contributed by atoms with Gasteiger partial charge in [0.2, 0.25) is 0 Å². The van der Waals surface area contributed by atoms with E-state index in [-0.39, 0.29) is 22.5 Å². The summed E-state index contributed by atoms with van der Waals surface area (Å²) in [4.78, 5) is 30.8. The predicted molar refractivity (Wildman–Crippen MR) is 125 cm³/mol. The standard InChI is InChI=1S/C25H27N5O2/c1-2-3-8-14-27-24(31)19-17-20-23(28-21-12-7-9-15-29(21)25(20)32)30(22(19)26)16-13-18-10-5-4-6-11-18/h4-7,9-12,15,17,26H,2-3,8,13-14,16H2,1H3,(H,27,31). The molecule has 7 heteroatoms. The molecular formula is C25H27N5O2. The van der Waals surface area contributed by atoms with Gasteiger partial charge < -0.3 is 9.88 Å². The zero-order valence-electron chi connectivity index (χ0n) is 18.2. The third-order valence-corrected chi connectivity index (χ3v) is 5.60. The van der Waals surface area contributed by atoms with Gasteiger partial charge in [-0.15, -0.1) is 0 Å². The molecule has 0 aliphatic carbocycles. The van der Waals surface area contributed by atoms with Gasteiger partial charge in [-0.3, -0.25) is 19.4 Å². The first-order valence-corrected chi connectivity index (χ1v) is 11.0. The number of hydrogen-bond donors (Lipinski definition) is 2. The van der Waals surface area contributed by atoms with Gasteiger partial charge in [-0.05, 0) is 36.6 Å². The summed E-state index contributed by atoms with van der Waals surface area (Å²) in [5.74, 6) is -0.334. The van der Waals surface area contributed by atoms with Crippen LogP contribution in [-0.2, 0) is 13.0 Å². The number of rotatable bonds is 8. The Labute approximate surface area is 185 Å². The lowest BCUT2D eigenvalue weighted by Crippen LogP contribution is -2.35. The Morgan fingerprint density at radius 1 is 1.09 bits per heavy atom. The highest BCUT2D eigenvalue weighted by Gasteiger charge is 2.17. The van der Waals surface area contributed by atoms with Crippen molar-refractivity contribution in [1.29, 1.82) is 5.41 Å². The summed E-state index contributed by atoms with van der Waals surface area (Å²) in [5.41, 5.74) is 2.04. The first-order valence-electron chi connectivity index (χ1n) is 11.0. The molecule has 0 saturated heterocycles. The number of unbranched alkanes of at least 4 members (excludes halogenated alkanes) is 2. The van der Waals surface area contributed by atoms with E-state index in [0.717, 1.165) is 24.8 Å². The van der Waals surface area contributed by atoms with E-state index in [1.54, 1.807) is 22.9 Å². The molecule has 4 aromatic rings.